The standard InChI is InChI=1S/C28H40OS2/c1-27(2,3)22-17-20(19-31-25-16-12-7-6-11-15-24(25)30)26(29)23(18-22)28(4,5)21-13-9-8-10-14-21/h8-10,13-14,17-18,24-25,29-30H,6-7,11-12,15-16,19H2,1-5H3/t24-,25-/m0/s1. The average Bonchev–Trinajstić information content (AvgIpc) is 2.71. The van der Waals surface area contributed by atoms with Crippen molar-refractivity contribution >= 4 is 24.4 Å². The first-order chi connectivity index (χ1) is 14.6. The predicted molar refractivity (Wildman–Crippen MR) is 141 cm³/mol. The molecule has 1 aliphatic carbocycles. The minimum atomic E-state index is -0.266. The Hall–Kier alpha value is -1.06. The summed E-state index contributed by atoms with van der Waals surface area (Å²) in [5.41, 5.74) is 4.38. The van der Waals surface area contributed by atoms with Gasteiger partial charge in [0.2, 0.25) is 0 Å². The monoisotopic (exact) mass is 456 g/mol. The highest BCUT2D eigenvalue weighted by Gasteiger charge is 2.30. The van der Waals surface area contributed by atoms with Gasteiger partial charge in [0.25, 0.3) is 0 Å². The van der Waals surface area contributed by atoms with Gasteiger partial charge in [0.1, 0.15) is 5.75 Å². The topological polar surface area (TPSA) is 20.2 Å². The van der Waals surface area contributed by atoms with Crippen molar-refractivity contribution in [2.75, 3.05) is 0 Å². The van der Waals surface area contributed by atoms with Gasteiger partial charge in [-0.25, -0.2) is 0 Å². The van der Waals surface area contributed by atoms with Crippen LogP contribution in [0.15, 0.2) is 42.5 Å². The molecule has 0 heterocycles. The summed E-state index contributed by atoms with van der Waals surface area (Å²) < 4.78 is 0. The molecule has 1 fully saturated rings. The van der Waals surface area contributed by atoms with E-state index >= 15 is 0 Å². The lowest BCUT2D eigenvalue weighted by Gasteiger charge is -2.31. The zero-order valence-electron chi connectivity index (χ0n) is 19.9. The van der Waals surface area contributed by atoms with E-state index in [0.717, 1.165) is 16.9 Å². The van der Waals surface area contributed by atoms with Crippen LogP contribution in [0.2, 0.25) is 0 Å². The molecule has 0 spiro atoms. The molecule has 1 saturated carbocycles. The smallest absolute Gasteiger partial charge is 0.123 e. The number of benzene rings is 2. The fourth-order valence-corrected chi connectivity index (χ4v) is 6.44. The third-order valence-corrected chi connectivity index (χ3v) is 9.13. The quantitative estimate of drug-likeness (QED) is 0.441. The van der Waals surface area contributed by atoms with Crippen LogP contribution in [0.4, 0.5) is 0 Å². The van der Waals surface area contributed by atoms with Gasteiger partial charge in [-0.1, -0.05) is 103 Å². The predicted octanol–water partition coefficient (Wildman–Crippen LogP) is 8.27. The molecule has 3 rings (SSSR count). The van der Waals surface area contributed by atoms with Gasteiger partial charge < -0.3 is 5.11 Å². The number of phenols is 1. The van der Waals surface area contributed by atoms with Gasteiger partial charge in [-0.3, -0.25) is 0 Å². The van der Waals surface area contributed by atoms with Crippen LogP contribution < -0.4 is 0 Å². The molecule has 0 amide bonds. The van der Waals surface area contributed by atoms with Crippen LogP contribution in [0.25, 0.3) is 0 Å². The van der Waals surface area contributed by atoms with Gasteiger partial charge in [0.05, 0.1) is 0 Å². The SMILES string of the molecule is CC(C)(C)c1cc(CS[C@H]2CCCCCC[C@@H]2S)c(O)c(C(C)(C)c2ccccc2)c1. The molecule has 0 aliphatic heterocycles. The Bertz CT molecular complexity index is 851. The number of rotatable bonds is 5. The van der Waals surface area contributed by atoms with Crippen molar-refractivity contribution in [3.63, 3.8) is 0 Å². The summed E-state index contributed by atoms with van der Waals surface area (Å²) >= 11 is 6.94. The molecule has 0 radical (unpaired) electrons. The summed E-state index contributed by atoms with van der Waals surface area (Å²) in [6.07, 6.45) is 7.74. The third-order valence-electron chi connectivity index (χ3n) is 6.84. The van der Waals surface area contributed by atoms with Crippen molar-refractivity contribution < 1.29 is 5.11 Å². The van der Waals surface area contributed by atoms with E-state index in [2.05, 4.69) is 77.1 Å². The maximum atomic E-state index is 11.4. The lowest BCUT2D eigenvalue weighted by molar-refractivity contribution is 0.446. The summed E-state index contributed by atoms with van der Waals surface area (Å²) in [6.45, 7) is 11.2. The van der Waals surface area contributed by atoms with E-state index in [-0.39, 0.29) is 10.8 Å². The van der Waals surface area contributed by atoms with Crippen LogP contribution in [0.1, 0.15) is 95.4 Å². The Kier molecular flexibility index (Phi) is 8.13. The molecule has 3 heteroatoms. The number of thioether (sulfide) groups is 1. The molecule has 0 bridgehead atoms. The molecular formula is C28H40OS2. The molecule has 1 aliphatic rings. The van der Waals surface area contributed by atoms with Crippen LogP contribution in [0.5, 0.6) is 5.75 Å². The number of hydrogen-bond acceptors (Lipinski definition) is 3. The Morgan fingerprint density at radius 1 is 0.903 bits per heavy atom. The number of hydrogen-bond donors (Lipinski definition) is 2. The van der Waals surface area contributed by atoms with Crippen LogP contribution in [-0.4, -0.2) is 15.6 Å². The van der Waals surface area contributed by atoms with Gasteiger partial charge in [0, 0.05) is 32.8 Å². The highest BCUT2D eigenvalue weighted by Crippen LogP contribution is 2.43. The first kappa shape index (κ1) is 24.6. The second-order valence-electron chi connectivity index (χ2n) is 10.7. The van der Waals surface area contributed by atoms with E-state index in [1.54, 1.807) is 0 Å². The summed E-state index contributed by atoms with van der Waals surface area (Å²) in [6, 6.07) is 15.0. The van der Waals surface area contributed by atoms with Gasteiger partial charge in [0.15, 0.2) is 0 Å². The third kappa shape index (κ3) is 6.05. The Labute approximate surface area is 199 Å². The minimum Gasteiger partial charge on any atom is -0.507 e. The van der Waals surface area contributed by atoms with Crippen molar-refractivity contribution in [3.8, 4) is 5.75 Å². The van der Waals surface area contributed by atoms with Crippen LogP contribution in [0.3, 0.4) is 0 Å². The molecule has 0 unspecified atom stereocenters. The number of thiol groups is 1. The fourth-order valence-electron chi connectivity index (χ4n) is 4.55. The highest BCUT2D eigenvalue weighted by atomic mass is 32.2. The molecule has 1 N–H and O–H groups in total. The van der Waals surface area contributed by atoms with Crippen LogP contribution in [-0.2, 0) is 16.6 Å². The van der Waals surface area contributed by atoms with Gasteiger partial charge in [-0.05, 0) is 29.4 Å². The van der Waals surface area contributed by atoms with Gasteiger partial charge >= 0.3 is 0 Å². The fraction of sp³-hybridized carbons (Fsp3) is 0.571. The summed E-state index contributed by atoms with van der Waals surface area (Å²) in [5.74, 6) is 1.31. The van der Waals surface area contributed by atoms with Crippen molar-refractivity contribution in [1.82, 2.24) is 0 Å². The normalized spacial score (nSPS) is 20.8. The van der Waals surface area contributed by atoms with Crippen LogP contribution in [0, 0.1) is 0 Å². The van der Waals surface area contributed by atoms with E-state index in [1.807, 2.05) is 11.8 Å². The Balaban J connectivity index is 1.95. The first-order valence-corrected chi connectivity index (χ1v) is 13.4. The molecule has 0 saturated heterocycles. The zero-order valence-corrected chi connectivity index (χ0v) is 21.7. The summed E-state index contributed by atoms with van der Waals surface area (Å²) in [7, 11) is 0. The zero-order chi connectivity index (χ0) is 22.6. The summed E-state index contributed by atoms with van der Waals surface area (Å²) in [4.78, 5) is 0. The molecule has 2 aromatic rings. The van der Waals surface area contributed by atoms with Crippen LogP contribution >= 0.6 is 24.4 Å². The van der Waals surface area contributed by atoms with E-state index in [4.69, 9.17) is 12.6 Å². The average molecular weight is 457 g/mol. The van der Waals surface area contributed by atoms with Crippen molar-refractivity contribution in [3.05, 3.63) is 64.7 Å². The highest BCUT2D eigenvalue weighted by molar-refractivity contribution is 8.00. The second kappa shape index (κ2) is 10.3. The molecular weight excluding hydrogens is 416 g/mol. The Morgan fingerprint density at radius 3 is 2.19 bits per heavy atom. The van der Waals surface area contributed by atoms with E-state index in [0.29, 0.717) is 16.2 Å². The Morgan fingerprint density at radius 2 is 1.55 bits per heavy atom. The van der Waals surface area contributed by atoms with Crippen molar-refractivity contribution in [1.29, 1.82) is 0 Å². The maximum Gasteiger partial charge on any atom is 0.123 e. The van der Waals surface area contributed by atoms with Crippen molar-refractivity contribution in [2.45, 2.75) is 100 Å². The molecule has 1 nitrogen and oxygen atoms in total. The molecule has 2 aromatic carbocycles. The van der Waals surface area contributed by atoms with Gasteiger partial charge in [-0.2, -0.15) is 24.4 Å². The lowest BCUT2D eigenvalue weighted by Crippen LogP contribution is -2.22. The molecule has 0 aromatic heterocycles. The lowest BCUT2D eigenvalue weighted by atomic mass is 9.74. The molecule has 2 atom stereocenters. The van der Waals surface area contributed by atoms with Gasteiger partial charge in [-0.15, -0.1) is 0 Å². The van der Waals surface area contributed by atoms with E-state index in [9.17, 15) is 5.11 Å². The maximum absolute atomic E-state index is 11.4. The van der Waals surface area contributed by atoms with E-state index < -0.39 is 0 Å². The molecule has 31 heavy (non-hydrogen) atoms. The van der Waals surface area contributed by atoms with Crippen molar-refractivity contribution in [2.24, 2.45) is 0 Å². The van der Waals surface area contributed by atoms with E-state index in [1.165, 1.54) is 49.7 Å². The first-order valence-electron chi connectivity index (χ1n) is 11.8. The minimum absolute atomic E-state index is 0.0287. The second-order valence-corrected chi connectivity index (χ2v) is 12.6. The largest absolute Gasteiger partial charge is 0.507 e. The molecule has 170 valence electrons. The number of phenolic OH excluding ortho intramolecular Hbond substituents is 1. The summed E-state index contributed by atoms with van der Waals surface area (Å²) in [5, 5.41) is 12.5. The number of aromatic hydroxyl groups is 1.